The second-order valence-corrected chi connectivity index (χ2v) is 4.93. The molecule has 1 fully saturated rings. The van der Waals surface area contributed by atoms with Gasteiger partial charge < -0.3 is 15.3 Å². The summed E-state index contributed by atoms with van der Waals surface area (Å²) in [5, 5.41) is 11.8. The van der Waals surface area contributed by atoms with Gasteiger partial charge >= 0.3 is 12.0 Å². The first-order chi connectivity index (χ1) is 8.58. The van der Waals surface area contributed by atoms with Crippen LogP contribution < -0.4 is 5.32 Å². The SMILES string of the molecule is CCCC(CC)NC(=O)N1CCCC1CC(=O)O. The Morgan fingerprint density at radius 3 is 2.72 bits per heavy atom. The number of amides is 2. The number of aliphatic carboxylic acids is 1. The van der Waals surface area contributed by atoms with Crippen molar-refractivity contribution in [1.29, 1.82) is 0 Å². The molecule has 0 aromatic rings. The van der Waals surface area contributed by atoms with Gasteiger partial charge in [-0.15, -0.1) is 0 Å². The van der Waals surface area contributed by atoms with Crippen molar-refractivity contribution in [3.63, 3.8) is 0 Å². The molecule has 1 saturated heterocycles. The lowest BCUT2D eigenvalue weighted by Gasteiger charge is -2.26. The molecule has 0 spiro atoms. The van der Waals surface area contributed by atoms with Crippen LogP contribution in [0.4, 0.5) is 4.79 Å². The number of carbonyl (C=O) groups is 2. The van der Waals surface area contributed by atoms with Crippen LogP contribution in [0.15, 0.2) is 0 Å². The van der Waals surface area contributed by atoms with Crippen molar-refractivity contribution in [2.75, 3.05) is 6.54 Å². The third kappa shape index (κ3) is 4.20. The van der Waals surface area contributed by atoms with Gasteiger partial charge in [0.05, 0.1) is 6.42 Å². The summed E-state index contributed by atoms with van der Waals surface area (Å²) in [6, 6.07) is -0.0331. The molecule has 1 heterocycles. The summed E-state index contributed by atoms with van der Waals surface area (Å²) in [7, 11) is 0. The molecule has 0 radical (unpaired) electrons. The van der Waals surface area contributed by atoms with Gasteiger partial charge in [0.1, 0.15) is 0 Å². The maximum absolute atomic E-state index is 12.1. The van der Waals surface area contributed by atoms with Crippen molar-refractivity contribution in [3.05, 3.63) is 0 Å². The van der Waals surface area contributed by atoms with Crippen LogP contribution in [0.2, 0.25) is 0 Å². The van der Waals surface area contributed by atoms with Crippen molar-refractivity contribution in [1.82, 2.24) is 10.2 Å². The van der Waals surface area contributed by atoms with Gasteiger partial charge in [-0.3, -0.25) is 4.79 Å². The number of nitrogens with one attached hydrogen (secondary N) is 1. The average molecular weight is 256 g/mol. The molecule has 1 aliphatic heterocycles. The molecule has 2 unspecified atom stereocenters. The molecule has 0 aromatic carbocycles. The fourth-order valence-corrected chi connectivity index (χ4v) is 2.50. The molecule has 18 heavy (non-hydrogen) atoms. The Kier molecular flexibility index (Phi) is 5.95. The average Bonchev–Trinajstić information content (AvgIpc) is 2.75. The minimum atomic E-state index is -0.833. The third-order valence-corrected chi connectivity index (χ3v) is 3.51. The van der Waals surface area contributed by atoms with E-state index in [1.54, 1.807) is 4.90 Å². The van der Waals surface area contributed by atoms with Crippen molar-refractivity contribution in [3.8, 4) is 0 Å². The zero-order valence-corrected chi connectivity index (χ0v) is 11.3. The number of urea groups is 1. The molecule has 1 aliphatic rings. The zero-order chi connectivity index (χ0) is 13.5. The molecule has 5 heteroatoms. The minimum Gasteiger partial charge on any atom is -0.481 e. The Bertz CT molecular complexity index is 294. The molecule has 0 aliphatic carbocycles. The third-order valence-electron chi connectivity index (χ3n) is 3.51. The van der Waals surface area contributed by atoms with E-state index < -0.39 is 5.97 Å². The maximum Gasteiger partial charge on any atom is 0.317 e. The largest absolute Gasteiger partial charge is 0.481 e. The quantitative estimate of drug-likeness (QED) is 0.765. The zero-order valence-electron chi connectivity index (χ0n) is 11.3. The molecule has 0 aromatic heterocycles. The van der Waals surface area contributed by atoms with Crippen LogP contribution >= 0.6 is 0 Å². The number of carboxylic acid groups (broad SMARTS) is 1. The van der Waals surface area contributed by atoms with Crippen LogP contribution in [-0.2, 0) is 4.79 Å². The Balaban J connectivity index is 2.51. The first-order valence-corrected chi connectivity index (χ1v) is 6.87. The van der Waals surface area contributed by atoms with Gasteiger partial charge in [0.15, 0.2) is 0 Å². The number of carboxylic acids is 1. The van der Waals surface area contributed by atoms with Crippen LogP contribution in [0.3, 0.4) is 0 Å². The molecule has 2 amide bonds. The Hall–Kier alpha value is -1.26. The van der Waals surface area contributed by atoms with Gasteiger partial charge in [-0.25, -0.2) is 4.79 Å². The second-order valence-electron chi connectivity index (χ2n) is 4.93. The highest BCUT2D eigenvalue weighted by Crippen LogP contribution is 2.20. The second kappa shape index (κ2) is 7.24. The van der Waals surface area contributed by atoms with E-state index in [1.807, 2.05) is 0 Å². The van der Waals surface area contributed by atoms with E-state index >= 15 is 0 Å². The van der Waals surface area contributed by atoms with Crippen LogP contribution in [0.25, 0.3) is 0 Å². The molecule has 5 nitrogen and oxygen atoms in total. The Labute approximate surface area is 109 Å². The summed E-state index contributed by atoms with van der Waals surface area (Å²) in [4.78, 5) is 24.5. The van der Waals surface area contributed by atoms with E-state index in [2.05, 4.69) is 19.2 Å². The van der Waals surface area contributed by atoms with Crippen LogP contribution in [0.5, 0.6) is 0 Å². The monoisotopic (exact) mass is 256 g/mol. The van der Waals surface area contributed by atoms with E-state index in [4.69, 9.17) is 5.11 Å². The summed E-state index contributed by atoms with van der Waals surface area (Å²) in [6.45, 7) is 4.82. The molecular formula is C13H24N2O3. The summed E-state index contributed by atoms with van der Waals surface area (Å²) in [5.41, 5.74) is 0. The van der Waals surface area contributed by atoms with E-state index in [9.17, 15) is 9.59 Å². The first kappa shape index (κ1) is 14.8. The molecule has 2 atom stereocenters. The lowest BCUT2D eigenvalue weighted by atomic mass is 10.1. The summed E-state index contributed by atoms with van der Waals surface area (Å²) >= 11 is 0. The number of rotatable bonds is 6. The van der Waals surface area contributed by atoms with E-state index in [0.29, 0.717) is 6.54 Å². The lowest BCUT2D eigenvalue weighted by Crippen LogP contribution is -2.47. The van der Waals surface area contributed by atoms with E-state index in [0.717, 1.165) is 32.1 Å². The van der Waals surface area contributed by atoms with Gasteiger partial charge in [-0.05, 0) is 25.7 Å². The van der Waals surface area contributed by atoms with Crippen LogP contribution in [0.1, 0.15) is 52.4 Å². The normalized spacial score (nSPS) is 20.8. The fraction of sp³-hybridized carbons (Fsp3) is 0.846. The highest BCUT2D eigenvalue weighted by atomic mass is 16.4. The van der Waals surface area contributed by atoms with Gasteiger partial charge in [0.2, 0.25) is 0 Å². The standard InChI is InChI=1S/C13H24N2O3/c1-3-6-10(4-2)14-13(18)15-8-5-7-11(15)9-12(16)17/h10-11H,3-9H2,1-2H3,(H,14,18)(H,16,17). The Morgan fingerprint density at radius 1 is 1.44 bits per heavy atom. The molecule has 0 saturated carbocycles. The number of hydrogen-bond acceptors (Lipinski definition) is 2. The van der Waals surface area contributed by atoms with Gasteiger partial charge in [-0.1, -0.05) is 20.3 Å². The van der Waals surface area contributed by atoms with Crippen molar-refractivity contribution < 1.29 is 14.7 Å². The molecule has 1 rings (SSSR count). The van der Waals surface area contributed by atoms with Gasteiger partial charge in [0.25, 0.3) is 0 Å². The number of hydrogen-bond donors (Lipinski definition) is 2. The predicted molar refractivity (Wildman–Crippen MR) is 69.5 cm³/mol. The van der Waals surface area contributed by atoms with Gasteiger partial charge in [-0.2, -0.15) is 0 Å². The smallest absolute Gasteiger partial charge is 0.317 e. The maximum atomic E-state index is 12.1. The van der Waals surface area contributed by atoms with Crippen LogP contribution in [-0.4, -0.2) is 40.6 Å². The number of nitrogens with zero attached hydrogens (tertiary/aromatic N) is 1. The summed E-state index contributed by atoms with van der Waals surface area (Å²) < 4.78 is 0. The molecule has 2 N–H and O–H groups in total. The van der Waals surface area contributed by atoms with Crippen molar-refractivity contribution in [2.45, 2.75) is 64.5 Å². The van der Waals surface area contributed by atoms with Crippen LogP contribution in [0, 0.1) is 0 Å². The predicted octanol–water partition coefficient (Wildman–Crippen LogP) is 2.21. The summed E-state index contributed by atoms with van der Waals surface area (Å²) in [5.74, 6) is -0.833. The molecular weight excluding hydrogens is 232 g/mol. The topological polar surface area (TPSA) is 69.6 Å². The summed E-state index contributed by atoms with van der Waals surface area (Å²) in [6.07, 6.45) is 4.67. The lowest BCUT2D eigenvalue weighted by molar-refractivity contribution is -0.137. The van der Waals surface area contributed by atoms with Crippen molar-refractivity contribution >= 4 is 12.0 Å². The van der Waals surface area contributed by atoms with E-state index in [-0.39, 0.29) is 24.5 Å². The minimum absolute atomic E-state index is 0.0536. The molecule has 104 valence electrons. The Morgan fingerprint density at radius 2 is 2.17 bits per heavy atom. The first-order valence-electron chi connectivity index (χ1n) is 6.87. The van der Waals surface area contributed by atoms with E-state index in [1.165, 1.54) is 0 Å². The number of carbonyl (C=O) groups excluding carboxylic acids is 1. The molecule has 0 bridgehead atoms. The number of likely N-dealkylation sites (tertiary alicyclic amines) is 1. The highest BCUT2D eigenvalue weighted by molar-refractivity contribution is 5.76. The van der Waals surface area contributed by atoms with Crippen molar-refractivity contribution in [2.24, 2.45) is 0 Å². The highest BCUT2D eigenvalue weighted by Gasteiger charge is 2.30. The fourth-order valence-electron chi connectivity index (χ4n) is 2.50. The van der Waals surface area contributed by atoms with Gasteiger partial charge in [0, 0.05) is 18.6 Å².